The Morgan fingerprint density at radius 3 is 1.35 bits per heavy atom. The van der Waals surface area contributed by atoms with Crippen molar-refractivity contribution in [3.05, 3.63) is 167 Å². The van der Waals surface area contributed by atoms with Crippen LogP contribution in [-0.2, 0) is 13.1 Å². The molecule has 0 spiro atoms. The Kier molecular flexibility index (Phi) is 13.7. The Balaban J connectivity index is 0.000000166. The Hall–Kier alpha value is -6.64. The van der Waals surface area contributed by atoms with Gasteiger partial charge in [-0.3, -0.25) is 0 Å². The molecular formula is C52H54N10O2S2. The van der Waals surface area contributed by atoms with Crippen LogP contribution in [0.2, 0.25) is 0 Å². The van der Waals surface area contributed by atoms with Crippen LogP contribution in [-0.4, -0.2) is 75.4 Å². The van der Waals surface area contributed by atoms with E-state index in [0.29, 0.717) is 11.8 Å². The first-order valence-electron chi connectivity index (χ1n) is 22.2. The third-order valence-electron chi connectivity index (χ3n) is 12.1. The van der Waals surface area contributed by atoms with Gasteiger partial charge in [0.25, 0.3) is 0 Å². The van der Waals surface area contributed by atoms with Crippen LogP contribution >= 0.6 is 23.5 Å². The van der Waals surface area contributed by atoms with Gasteiger partial charge >= 0.3 is 0 Å². The van der Waals surface area contributed by atoms with Crippen molar-refractivity contribution in [3.8, 4) is 22.9 Å². The number of rotatable bonds is 12. The second kappa shape index (κ2) is 20.3. The zero-order valence-electron chi connectivity index (χ0n) is 38.2. The van der Waals surface area contributed by atoms with Crippen molar-refractivity contribution in [2.75, 3.05) is 26.7 Å². The van der Waals surface area contributed by atoms with Crippen LogP contribution in [0.4, 0.5) is 0 Å². The molecule has 0 aliphatic carbocycles. The van der Waals surface area contributed by atoms with Crippen LogP contribution in [0.5, 0.6) is 11.5 Å². The summed E-state index contributed by atoms with van der Waals surface area (Å²) in [5.41, 5.74) is 8.54. The first-order valence-corrected chi connectivity index (χ1v) is 24.7. The molecule has 0 saturated heterocycles. The van der Waals surface area contributed by atoms with E-state index in [2.05, 4.69) is 92.5 Å². The van der Waals surface area contributed by atoms with E-state index in [1.165, 1.54) is 20.9 Å². The van der Waals surface area contributed by atoms with Gasteiger partial charge in [-0.05, 0) is 135 Å². The number of fused-ring (bicyclic) bond motifs is 2. The number of hydrogen-bond acceptors (Lipinski definition) is 10. The number of hydrogen-bond donors (Lipinski definition) is 0. The van der Waals surface area contributed by atoms with Crippen LogP contribution in [0.25, 0.3) is 35.7 Å². The fourth-order valence-corrected chi connectivity index (χ4v) is 9.47. The summed E-state index contributed by atoms with van der Waals surface area (Å²) in [6.45, 7) is 5.79. The van der Waals surface area contributed by atoms with Crippen LogP contribution in [0.15, 0.2) is 120 Å². The Morgan fingerprint density at radius 2 is 0.985 bits per heavy atom. The molecule has 12 nitrogen and oxygen atoms in total. The molecule has 2 aliphatic heterocycles. The first-order chi connectivity index (χ1) is 32.3. The third-order valence-corrected chi connectivity index (χ3v) is 13.5. The Morgan fingerprint density at radius 1 is 0.561 bits per heavy atom. The first kappa shape index (κ1) is 44.6. The predicted octanol–water partition coefficient (Wildman–Crippen LogP) is 11.2. The lowest BCUT2D eigenvalue weighted by Gasteiger charge is -2.22. The molecule has 0 fully saturated rings. The summed E-state index contributed by atoms with van der Waals surface area (Å²) in [6, 6.07) is 29.9. The minimum atomic E-state index is 0.294. The van der Waals surface area contributed by atoms with Crippen molar-refractivity contribution in [1.29, 1.82) is 0 Å². The summed E-state index contributed by atoms with van der Waals surface area (Å²) in [4.78, 5) is 21.0. The molecule has 14 heteroatoms. The average molecular weight is 915 g/mol. The lowest BCUT2D eigenvalue weighted by atomic mass is 9.91. The highest BCUT2D eigenvalue weighted by atomic mass is 32.2. The van der Waals surface area contributed by atoms with E-state index < -0.39 is 0 Å². The molecule has 4 aromatic carbocycles. The molecular weight excluding hydrogens is 861 g/mol. The van der Waals surface area contributed by atoms with Crippen molar-refractivity contribution in [2.45, 2.75) is 74.2 Å². The van der Waals surface area contributed by atoms with Crippen molar-refractivity contribution >= 4 is 47.8 Å². The zero-order chi connectivity index (χ0) is 45.6. The van der Waals surface area contributed by atoms with Gasteiger partial charge in [-0.15, -0.1) is 23.5 Å². The number of aromatic nitrogens is 10. The van der Waals surface area contributed by atoms with Gasteiger partial charge in [0.1, 0.15) is 23.1 Å². The zero-order valence-corrected chi connectivity index (χ0v) is 39.8. The van der Waals surface area contributed by atoms with E-state index in [4.69, 9.17) is 29.6 Å². The lowest BCUT2D eigenvalue weighted by Crippen LogP contribution is -2.17. The largest absolute Gasteiger partial charge is 0.495 e. The molecule has 4 aromatic heterocycles. The Labute approximate surface area is 394 Å². The summed E-state index contributed by atoms with van der Waals surface area (Å²) in [5, 5.41) is 9.51. The summed E-state index contributed by atoms with van der Waals surface area (Å²) in [6.07, 6.45) is 24.2. The molecule has 2 aliphatic rings. The summed E-state index contributed by atoms with van der Waals surface area (Å²) < 4.78 is 19.3. The molecule has 0 saturated carbocycles. The summed E-state index contributed by atoms with van der Waals surface area (Å²) in [7, 11) is 3.37. The Bertz CT molecular complexity index is 2780. The van der Waals surface area contributed by atoms with Gasteiger partial charge in [-0.2, -0.15) is 10.2 Å². The fraction of sp³-hybridized carbons (Fsp3) is 0.269. The summed E-state index contributed by atoms with van der Waals surface area (Å²) >= 11 is 3.53. The van der Waals surface area contributed by atoms with Gasteiger partial charge in [0, 0.05) is 47.1 Å². The molecule has 336 valence electrons. The van der Waals surface area contributed by atoms with Crippen LogP contribution in [0.1, 0.15) is 94.5 Å². The number of benzene rings is 4. The number of aryl methyl sites for hydroxylation is 4. The van der Waals surface area contributed by atoms with Gasteiger partial charge in [0.05, 0.1) is 49.6 Å². The van der Waals surface area contributed by atoms with E-state index in [1.54, 1.807) is 50.4 Å². The molecule has 10 rings (SSSR count). The normalized spacial score (nSPS) is 15.7. The van der Waals surface area contributed by atoms with Gasteiger partial charge in [0.15, 0.2) is 11.6 Å². The fourth-order valence-electron chi connectivity index (χ4n) is 8.65. The third kappa shape index (κ3) is 9.94. The predicted molar refractivity (Wildman–Crippen MR) is 266 cm³/mol. The second-order valence-electron chi connectivity index (χ2n) is 16.4. The second-order valence-corrected chi connectivity index (χ2v) is 18.2. The highest BCUT2D eigenvalue weighted by molar-refractivity contribution is 7.98. The standard InChI is InChI=1S/2C26H27N5OS/c2*1-18-16-30(17-27-18)23-12-6-19(15-24(23)32-2)7-13-25-28-26-22(5-4-14-31(26)29-25)20-8-10-21(33-3)11-9-20/h2*6-13,15-17,22H,4-5,14H2,1-3H3/b2*13-7+/t2*22-/m10/s1. The summed E-state index contributed by atoms with van der Waals surface area (Å²) in [5.74, 6) is 5.77. The number of nitrogens with zero attached hydrogens (tertiary/aromatic N) is 10. The molecule has 66 heavy (non-hydrogen) atoms. The van der Waals surface area contributed by atoms with E-state index in [-0.39, 0.29) is 0 Å². The van der Waals surface area contributed by atoms with Gasteiger partial charge in [-0.25, -0.2) is 29.3 Å². The molecule has 0 bridgehead atoms. The molecule has 2 atom stereocenters. The molecule has 0 unspecified atom stereocenters. The van der Waals surface area contributed by atoms with Gasteiger partial charge in [-0.1, -0.05) is 48.6 Å². The maximum Gasteiger partial charge on any atom is 0.174 e. The number of imidazole rings is 2. The molecule has 0 amide bonds. The monoisotopic (exact) mass is 914 g/mol. The number of ether oxygens (including phenoxy) is 2. The lowest BCUT2D eigenvalue weighted by molar-refractivity contribution is 0.412. The van der Waals surface area contributed by atoms with Crippen LogP contribution < -0.4 is 9.47 Å². The SMILES string of the molecule is COc1cc(/C=C/c2nc3n(n2)CCC[C@@H]3c2ccc(SC)cc2)ccc1-n1cnc(C)c1.COc1cc(/C=C/c2nc3n(n2)CCC[C@H]3c2ccc(SC)cc2)ccc1-n1cnc(C)c1. The molecule has 6 heterocycles. The van der Waals surface area contributed by atoms with Crippen LogP contribution in [0.3, 0.4) is 0 Å². The number of methoxy groups -OCH3 is 2. The van der Waals surface area contributed by atoms with Crippen molar-refractivity contribution in [1.82, 2.24) is 48.6 Å². The average Bonchev–Trinajstić information content (AvgIpc) is 4.19. The van der Waals surface area contributed by atoms with E-state index in [9.17, 15) is 0 Å². The van der Waals surface area contributed by atoms with Gasteiger partial charge < -0.3 is 18.6 Å². The van der Waals surface area contributed by atoms with E-state index >= 15 is 0 Å². The highest BCUT2D eigenvalue weighted by Crippen LogP contribution is 2.35. The van der Waals surface area contributed by atoms with E-state index in [1.807, 2.05) is 83.9 Å². The quantitative estimate of drug-likeness (QED) is 0.110. The topological polar surface area (TPSA) is 116 Å². The van der Waals surface area contributed by atoms with Crippen molar-refractivity contribution < 1.29 is 9.47 Å². The van der Waals surface area contributed by atoms with Crippen molar-refractivity contribution in [3.63, 3.8) is 0 Å². The number of thioether (sulfide) groups is 2. The van der Waals surface area contributed by atoms with Crippen molar-refractivity contribution in [2.24, 2.45) is 0 Å². The minimum Gasteiger partial charge on any atom is -0.495 e. The van der Waals surface area contributed by atoms with Gasteiger partial charge in [0.2, 0.25) is 0 Å². The smallest absolute Gasteiger partial charge is 0.174 e. The molecule has 8 aromatic rings. The minimum absolute atomic E-state index is 0.294. The maximum atomic E-state index is 5.63. The molecule has 0 radical (unpaired) electrons. The van der Waals surface area contributed by atoms with E-state index in [0.717, 1.165) is 107 Å². The van der Waals surface area contributed by atoms with Crippen LogP contribution in [0, 0.1) is 13.8 Å². The maximum absolute atomic E-state index is 5.63. The highest BCUT2D eigenvalue weighted by Gasteiger charge is 2.27. The molecule has 0 N–H and O–H groups in total.